The van der Waals surface area contributed by atoms with E-state index in [0.717, 1.165) is 6.42 Å². The summed E-state index contributed by atoms with van der Waals surface area (Å²) in [5, 5.41) is 5.48. The van der Waals surface area contributed by atoms with Gasteiger partial charge in [0.25, 0.3) is 0 Å². The van der Waals surface area contributed by atoms with Gasteiger partial charge in [-0.15, -0.1) is 71.0 Å². The molecule has 0 amide bonds. The summed E-state index contributed by atoms with van der Waals surface area (Å²) in [6.07, 6.45) is 10.0. The zero-order chi connectivity index (χ0) is 31.9. The van der Waals surface area contributed by atoms with Crippen molar-refractivity contribution in [1.29, 1.82) is 0 Å². The van der Waals surface area contributed by atoms with Crippen molar-refractivity contribution in [3.63, 3.8) is 0 Å². The average molecular weight is 729 g/mol. The van der Waals surface area contributed by atoms with Crippen LogP contribution < -0.4 is 0 Å². The molecule has 5 aromatic rings. The van der Waals surface area contributed by atoms with Crippen molar-refractivity contribution in [2.24, 2.45) is 0 Å². The third-order valence-electron chi connectivity index (χ3n) is 8.55. The van der Waals surface area contributed by atoms with Gasteiger partial charge in [0.1, 0.15) is 0 Å². The van der Waals surface area contributed by atoms with E-state index in [9.17, 15) is 0 Å². The van der Waals surface area contributed by atoms with Crippen LogP contribution in [0.2, 0.25) is 0 Å². The minimum absolute atomic E-state index is 0. The first-order chi connectivity index (χ1) is 20.9. The van der Waals surface area contributed by atoms with Crippen molar-refractivity contribution in [3.8, 4) is 0 Å². The Hall–Kier alpha value is -2.44. The summed E-state index contributed by atoms with van der Waals surface area (Å²) >= 11 is 1.54. The van der Waals surface area contributed by atoms with Crippen LogP contribution in [0.1, 0.15) is 95.9 Å². The van der Waals surface area contributed by atoms with Crippen LogP contribution in [0.4, 0.5) is 0 Å². The minimum Gasteiger partial charge on any atom is -0.273 e. The van der Waals surface area contributed by atoms with Crippen molar-refractivity contribution < 1.29 is 24.2 Å². The van der Waals surface area contributed by atoms with Gasteiger partial charge in [-0.25, -0.2) is 12.2 Å². The Morgan fingerprint density at radius 3 is 1.37 bits per heavy atom. The van der Waals surface area contributed by atoms with Crippen LogP contribution in [0, 0.1) is 6.08 Å². The maximum absolute atomic E-state index is 2.99. The van der Waals surface area contributed by atoms with Gasteiger partial charge in [-0.3, -0.25) is 6.08 Å². The molecule has 5 aromatic carbocycles. The van der Waals surface area contributed by atoms with Crippen molar-refractivity contribution in [1.82, 2.24) is 0 Å². The van der Waals surface area contributed by atoms with Crippen LogP contribution in [0.15, 0.2) is 121 Å². The Balaban J connectivity index is 0.000000270. The fraction of sp³-hybridized carbons (Fsp3) is 0.302. The molecule has 0 saturated heterocycles. The Bertz CT molecular complexity index is 1600. The third kappa shape index (κ3) is 10.5. The van der Waals surface area contributed by atoms with E-state index in [2.05, 4.69) is 171 Å². The maximum Gasteiger partial charge on any atom is -0.109 e. The van der Waals surface area contributed by atoms with Gasteiger partial charge in [-0.2, -0.15) is 6.08 Å². The zero-order valence-corrected chi connectivity index (χ0v) is 32.8. The van der Waals surface area contributed by atoms with E-state index in [-0.39, 0.29) is 35.6 Å². The van der Waals surface area contributed by atoms with Gasteiger partial charge in [0, 0.05) is 0 Å². The second kappa shape index (κ2) is 17.6. The summed E-state index contributed by atoms with van der Waals surface area (Å²) < 4.78 is 1.61. The molecule has 0 N–H and O–H groups in total. The van der Waals surface area contributed by atoms with Crippen LogP contribution in [-0.2, 0) is 35.1 Å². The predicted octanol–water partition coefficient (Wildman–Crippen LogP) is 12.8. The molecule has 1 aliphatic rings. The summed E-state index contributed by atoms with van der Waals surface area (Å²) in [4.78, 5) is 0. The van der Waals surface area contributed by atoms with Crippen molar-refractivity contribution in [2.75, 3.05) is 0 Å². The van der Waals surface area contributed by atoms with E-state index in [1.807, 2.05) is 12.2 Å². The summed E-state index contributed by atoms with van der Waals surface area (Å²) in [7, 11) is 0. The molecule has 0 radical (unpaired) electrons. The molecule has 1 aliphatic carbocycles. The molecule has 2 unspecified atom stereocenters. The van der Waals surface area contributed by atoms with Crippen molar-refractivity contribution in [2.45, 2.75) is 84.5 Å². The van der Waals surface area contributed by atoms with E-state index in [4.69, 9.17) is 0 Å². The largest absolute Gasteiger partial charge is 0.273 e. The Labute approximate surface area is 305 Å². The fourth-order valence-electron chi connectivity index (χ4n) is 5.51. The maximum atomic E-state index is 2.99. The predicted molar refractivity (Wildman–Crippen MR) is 205 cm³/mol. The average Bonchev–Trinajstić information content (AvgIpc) is 3.72. The SMILES string of the molecule is CC(C)(C)c1ccc2c(c1)[cH-]c1cc(C(C)(C)C)ccc12.CC([C](=[Zr+2])C(C)c1ccccc1)c1ccccc1.Cl.Cl.[C-]1=CC=CC1. The number of hydrogen-bond acceptors (Lipinski definition) is 0. The Kier molecular flexibility index (Phi) is 15.2. The van der Waals surface area contributed by atoms with Crippen molar-refractivity contribution >= 4 is 49.6 Å². The monoisotopic (exact) mass is 726 g/mol. The minimum atomic E-state index is 0. The van der Waals surface area contributed by atoms with Gasteiger partial charge in [-0.05, 0) is 10.8 Å². The van der Waals surface area contributed by atoms with E-state index >= 15 is 0 Å². The van der Waals surface area contributed by atoms with E-state index in [1.54, 1.807) is 27.4 Å². The molecule has 0 nitrogen and oxygen atoms in total. The van der Waals surface area contributed by atoms with Crippen LogP contribution in [0.5, 0.6) is 0 Å². The van der Waals surface area contributed by atoms with Crippen LogP contribution in [0.3, 0.4) is 0 Å². The molecule has 46 heavy (non-hydrogen) atoms. The van der Waals surface area contributed by atoms with Crippen LogP contribution >= 0.6 is 24.8 Å². The summed E-state index contributed by atoms with van der Waals surface area (Å²) in [5.74, 6) is 1.08. The standard InChI is InChI=1S/C21H25.C17H18.C5H5.2ClH.Zr/c1-20(2,3)16-7-9-18-14(12-16)11-15-13-17(21(4,5)6)8-10-19(15)18;1-14(16-9-5-3-6-10-16)13-15(2)17-11-7-4-8-12-17;1-2-4-5-3-1;;;/h7-13H,1-6H3;3-12,14-15H,1-2H3;1-3H,4H2;2*1H;/q-1;;-1;;;+2. The number of rotatable bonds is 4. The molecule has 0 aromatic heterocycles. The molecule has 0 saturated carbocycles. The number of halogens is 2. The van der Waals surface area contributed by atoms with E-state index < -0.39 is 0 Å². The smallest absolute Gasteiger partial charge is 0.109 e. The molecular formula is C43H50Cl2Zr. The van der Waals surface area contributed by atoms with Crippen LogP contribution in [-0.4, -0.2) is 3.21 Å². The quantitative estimate of drug-likeness (QED) is 0.162. The van der Waals surface area contributed by atoms with Gasteiger partial charge in [0.15, 0.2) is 0 Å². The molecule has 0 spiro atoms. The molecule has 240 valence electrons. The first kappa shape index (κ1) is 39.7. The first-order valence-corrected chi connectivity index (χ1v) is 17.1. The number of fused-ring (bicyclic) bond motifs is 3. The van der Waals surface area contributed by atoms with E-state index in [0.29, 0.717) is 11.8 Å². The number of benzene rings is 4. The van der Waals surface area contributed by atoms with Crippen LogP contribution in [0.25, 0.3) is 21.5 Å². The van der Waals surface area contributed by atoms with Crippen molar-refractivity contribution in [3.05, 3.63) is 150 Å². The van der Waals surface area contributed by atoms with Gasteiger partial charge in [-0.1, -0.05) is 76.9 Å². The zero-order valence-electron chi connectivity index (χ0n) is 28.7. The molecule has 0 aliphatic heterocycles. The molecular weight excluding hydrogens is 679 g/mol. The second-order valence-corrected chi connectivity index (χ2v) is 15.4. The molecule has 2 atom stereocenters. The first-order valence-electron chi connectivity index (χ1n) is 15.9. The molecule has 0 bridgehead atoms. The summed E-state index contributed by atoms with van der Waals surface area (Å²) in [6, 6.07) is 37.8. The van der Waals surface area contributed by atoms with Gasteiger partial charge in [0.05, 0.1) is 0 Å². The Morgan fingerprint density at radius 1 is 0.652 bits per heavy atom. The summed E-state index contributed by atoms with van der Waals surface area (Å²) in [5.41, 5.74) is 6.06. The normalized spacial score (nSPS) is 13.4. The Morgan fingerprint density at radius 2 is 1.07 bits per heavy atom. The third-order valence-corrected chi connectivity index (χ3v) is 10.7. The molecule has 0 heterocycles. The van der Waals surface area contributed by atoms with Gasteiger partial charge < -0.3 is 0 Å². The van der Waals surface area contributed by atoms with Gasteiger partial charge >= 0.3 is 125 Å². The van der Waals surface area contributed by atoms with Gasteiger partial charge in [0.2, 0.25) is 0 Å². The van der Waals surface area contributed by atoms with E-state index in [1.165, 1.54) is 43.8 Å². The summed E-state index contributed by atoms with van der Waals surface area (Å²) in [6.45, 7) is 18.3. The number of allylic oxidation sites excluding steroid dienone is 4. The second-order valence-electron chi connectivity index (χ2n) is 14.0. The molecule has 0 fully saturated rings. The topological polar surface area (TPSA) is 0 Å². The molecule has 6 rings (SSSR count). The fourth-order valence-corrected chi connectivity index (χ4v) is 6.33. The molecule has 3 heteroatoms. The number of hydrogen-bond donors (Lipinski definition) is 0.